The van der Waals surface area contributed by atoms with E-state index in [1.54, 1.807) is 13.4 Å². The van der Waals surface area contributed by atoms with Gasteiger partial charge in [0.25, 0.3) is 0 Å². The lowest BCUT2D eigenvalue weighted by Crippen LogP contribution is -2.00. The third-order valence-electron chi connectivity index (χ3n) is 2.88. The summed E-state index contributed by atoms with van der Waals surface area (Å²) in [5, 5.41) is 0.731. The van der Waals surface area contributed by atoms with Crippen LogP contribution in [0.4, 0.5) is 0 Å². The molecule has 0 saturated heterocycles. The van der Waals surface area contributed by atoms with E-state index in [0.29, 0.717) is 0 Å². The van der Waals surface area contributed by atoms with Gasteiger partial charge >= 0.3 is 0 Å². The zero-order valence-electron chi connectivity index (χ0n) is 10.3. The summed E-state index contributed by atoms with van der Waals surface area (Å²) in [7, 11) is 3.66. The normalized spacial score (nSPS) is 10.7. The molecule has 0 spiro atoms. The summed E-state index contributed by atoms with van der Waals surface area (Å²) in [5.74, 6) is 0.873. The number of methoxy groups -OCH3 is 1. The third kappa shape index (κ3) is 2.87. The minimum Gasteiger partial charge on any atom is -0.496 e. The highest BCUT2D eigenvalue weighted by atomic mass is 79.9. The van der Waals surface area contributed by atoms with E-state index in [4.69, 9.17) is 16.3 Å². The van der Waals surface area contributed by atoms with Crippen molar-refractivity contribution in [2.24, 2.45) is 7.05 Å². The Balaban J connectivity index is 2.17. The lowest BCUT2D eigenvalue weighted by molar-refractivity contribution is 0.409. The van der Waals surface area contributed by atoms with Gasteiger partial charge in [0.1, 0.15) is 10.4 Å². The van der Waals surface area contributed by atoms with Gasteiger partial charge in [-0.1, -0.05) is 11.6 Å². The lowest BCUT2D eigenvalue weighted by Gasteiger charge is -2.09. The van der Waals surface area contributed by atoms with Crippen LogP contribution in [0.5, 0.6) is 5.75 Å². The van der Waals surface area contributed by atoms with E-state index in [1.807, 2.05) is 29.8 Å². The zero-order valence-corrected chi connectivity index (χ0v) is 12.6. The van der Waals surface area contributed by atoms with Crippen molar-refractivity contribution in [1.29, 1.82) is 0 Å². The molecule has 0 aliphatic carbocycles. The average Bonchev–Trinajstić information content (AvgIpc) is 2.67. The average molecular weight is 330 g/mol. The van der Waals surface area contributed by atoms with Crippen LogP contribution in [0, 0.1) is 0 Å². The molecule has 1 aromatic carbocycles. The smallest absolute Gasteiger partial charge is 0.127 e. The fourth-order valence-electron chi connectivity index (χ4n) is 1.90. The maximum absolute atomic E-state index is 6.01. The van der Waals surface area contributed by atoms with Crippen molar-refractivity contribution in [2.75, 3.05) is 7.11 Å². The number of nitrogens with zero attached hydrogens (tertiary/aromatic N) is 2. The fraction of sp³-hybridized carbons (Fsp3) is 0.308. The summed E-state index contributed by atoms with van der Waals surface area (Å²) in [4.78, 5) is 4.21. The number of aryl methyl sites for hydroxylation is 2. The molecule has 0 atom stereocenters. The molecule has 1 heterocycles. The van der Waals surface area contributed by atoms with Crippen LogP contribution in [0.2, 0.25) is 5.02 Å². The Hall–Kier alpha value is -1.00. The van der Waals surface area contributed by atoms with E-state index in [0.717, 1.165) is 39.5 Å². The number of hydrogen-bond donors (Lipinski definition) is 0. The van der Waals surface area contributed by atoms with Crippen LogP contribution < -0.4 is 4.74 Å². The van der Waals surface area contributed by atoms with Crippen LogP contribution in [0.3, 0.4) is 0 Å². The first-order valence-electron chi connectivity index (χ1n) is 5.60. The number of imidazole rings is 1. The Morgan fingerprint density at radius 1 is 1.39 bits per heavy atom. The quantitative estimate of drug-likeness (QED) is 0.856. The summed E-state index contributed by atoms with van der Waals surface area (Å²) < 4.78 is 8.25. The summed E-state index contributed by atoms with van der Waals surface area (Å²) in [6, 6.07) is 5.69. The Morgan fingerprint density at radius 2 is 2.17 bits per heavy atom. The molecule has 0 aliphatic rings. The fourth-order valence-corrected chi connectivity index (χ4v) is 2.67. The van der Waals surface area contributed by atoms with Crippen LogP contribution in [0.15, 0.2) is 29.1 Å². The Labute approximate surface area is 120 Å². The second kappa shape index (κ2) is 5.76. The van der Waals surface area contributed by atoms with Crippen LogP contribution in [0.25, 0.3) is 0 Å². The largest absolute Gasteiger partial charge is 0.496 e. The molecule has 2 aromatic rings. The monoisotopic (exact) mass is 328 g/mol. The highest BCUT2D eigenvalue weighted by Crippen LogP contribution is 2.25. The Morgan fingerprint density at radius 3 is 2.78 bits per heavy atom. The van der Waals surface area contributed by atoms with Crippen molar-refractivity contribution in [1.82, 2.24) is 9.55 Å². The molecule has 1 aromatic heterocycles. The topological polar surface area (TPSA) is 27.1 Å². The minimum atomic E-state index is 0.731. The van der Waals surface area contributed by atoms with Crippen molar-refractivity contribution < 1.29 is 4.74 Å². The van der Waals surface area contributed by atoms with Gasteiger partial charge in [0.15, 0.2) is 0 Å². The van der Waals surface area contributed by atoms with Gasteiger partial charge in [-0.3, -0.25) is 0 Å². The van der Waals surface area contributed by atoms with Crippen LogP contribution in [-0.2, 0) is 19.9 Å². The molecular formula is C13H14BrClN2O. The van der Waals surface area contributed by atoms with Crippen LogP contribution >= 0.6 is 27.5 Å². The molecule has 2 rings (SSSR count). The molecule has 0 unspecified atom stereocenters. The molecule has 0 fully saturated rings. The van der Waals surface area contributed by atoms with E-state index < -0.39 is 0 Å². The van der Waals surface area contributed by atoms with Gasteiger partial charge in [-0.15, -0.1) is 0 Å². The highest BCUT2D eigenvalue weighted by Gasteiger charge is 2.09. The minimum absolute atomic E-state index is 0.731. The molecular weight excluding hydrogens is 316 g/mol. The predicted molar refractivity (Wildman–Crippen MR) is 76.3 cm³/mol. The second-order valence-electron chi connectivity index (χ2n) is 4.05. The van der Waals surface area contributed by atoms with Crippen LogP contribution in [0.1, 0.15) is 11.3 Å². The molecule has 0 radical (unpaired) electrons. The number of rotatable bonds is 4. The van der Waals surface area contributed by atoms with E-state index in [9.17, 15) is 0 Å². The van der Waals surface area contributed by atoms with Crippen LogP contribution in [-0.4, -0.2) is 16.7 Å². The number of hydrogen-bond acceptors (Lipinski definition) is 2. The van der Waals surface area contributed by atoms with Gasteiger partial charge in [-0.25, -0.2) is 4.98 Å². The molecule has 0 bridgehead atoms. The molecule has 3 nitrogen and oxygen atoms in total. The zero-order chi connectivity index (χ0) is 13.1. The van der Waals surface area contributed by atoms with Crippen molar-refractivity contribution in [3.05, 3.63) is 45.4 Å². The molecule has 96 valence electrons. The summed E-state index contributed by atoms with van der Waals surface area (Å²) in [6.07, 6.45) is 3.55. The lowest BCUT2D eigenvalue weighted by atomic mass is 10.1. The molecule has 0 aliphatic heterocycles. The molecule has 0 saturated carbocycles. The van der Waals surface area contributed by atoms with Gasteiger partial charge in [0, 0.05) is 12.1 Å². The number of aromatic nitrogens is 2. The van der Waals surface area contributed by atoms with E-state index in [-0.39, 0.29) is 0 Å². The number of halogens is 2. The first kappa shape index (κ1) is 13.4. The van der Waals surface area contributed by atoms with E-state index >= 15 is 0 Å². The molecule has 0 amide bonds. The number of benzene rings is 1. The van der Waals surface area contributed by atoms with Crippen molar-refractivity contribution in [3.63, 3.8) is 0 Å². The molecule has 5 heteroatoms. The van der Waals surface area contributed by atoms with E-state index in [2.05, 4.69) is 20.9 Å². The van der Waals surface area contributed by atoms with Gasteiger partial charge in [-0.2, -0.15) is 0 Å². The molecule has 0 N–H and O–H groups in total. The maximum atomic E-state index is 6.01. The number of ether oxygens (including phenoxy) is 1. The summed E-state index contributed by atoms with van der Waals surface area (Å²) in [6.45, 7) is 0. The van der Waals surface area contributed by atoms with Crippen molar-refractivity contribution in [2.45, 2.75) is 12.8 Å². The van der Waals surface area contributed by atoms with Gasteiger partial charge in [0.2, 0.25) is 0 Å². The van der Waals surface area contributed by atoms with Crippen molar-refractivity contribution >= 4 is 27.5 Å². The SMILES string of the molecule is COc1ccc(Cl)cc1CCc1c(Br)ncn1C. The van der Waals surface area contributed by atoms with Gasteiger partial charge in [-0.05, 0) is 52.5 Å². The maximum Gasteiger partial charge on any atom is 0.127 e. The third-order valence-corrected chi connectivity index (χ3v) is 3.78. The predicted octanol–water partition coefficient (Wildman–Crippen LogP) is 3.63. The standard InChI is InChI=1S/C13H14BrClN2O/c1-17-8-16-13(14)11(17)5-3-9-7-10(15)4-6-12(9)18-2/h4,6-8H,3,5H2,1-2H3. The van der Waals surface area contributed by atoms with Gasteiger partial charge < -0.3 is 9.30 Å². The highest BCUT2D eigenvalue weighted by molar-refractivity contribution is 9.10. The summed E-state index contributed by atoms with van der Waals surface area (Å²) in [5.41, 5.74) is 2.27. The first-order chi connectivity index (χ1) is 8.61. The van der Waals surface area contributed by atoms with E-state index in [1.165, 1.54) is 0 Å². The molecule has 18 heavy (non-hydrogen) atoms. The first-order valence-corrected chi connectivity index (χ1v) is 6.77. The summed E-state index contributed by atoms with van der Waals surface area (Å²) >= 11 is 9.47. The Kier molecular flexibility index (Phi) is 4.30. The Bertz CT molecular complexity index is 534. The van der Waals surface area contributed by atoms with Gasteiger partial charge in [0.05, 0.1) is 19.1 Å². The van der Waals surface area contributed by atoms with Crippen molar-refractivity contribution in [3.8, 4) is 5.75 Å². The second-order valence-corrected chi connectivity index (χ2v) is 5.24.